The molecule has 7 nitrogen and oxygen atoms in total. The smallest absolute Gasteiger partial charge is 0.227 e. The fourth-order valence-electron chi connectivity index (χ4n) is 2.78. The van der Waals surface area contributed by atoms with Crippen LogP contribution in [0.2, 0.25) is 0 Å². The number of hydrogen-bond acceptors (Lipinski definition) is 6. The molecule has 1 atom stereocenters. The Morgan fingerprint density at radius 2 is 1.96 bits per heavy atom. The summed E-state index contributed by atoms with van der Waals surface area (Å²) in [7, 11) is 1.65. The van der Waals surface area contributed by atoms with Gasteiger partial charge in [-0.2, -0.15) is 4.98 Å². The summed E-state index contributed by atoms with van der Waals surface area (Å²) in [6, 6.07) is 8.05. The van der Waals surface area contributed by atoms with Gasteiger partial charge in [-0.1, -0.05) is 31.1 Å². The van der Waals surface area contributed by atoms with Crippen molar-refractivity contribution in [2.24, 2.45) is 0 Å². The van der Waals surface area contributed by atoms with Crippen LogP contribution in [0.1, 0.15) is 37.2 Å². The van der Waals surface area contributed by atoms with Gasteiger partial charge in [0, 0.05) is 13.5 Å². The minimum atomic E-state index is -0.119. The zero-order valence-corrected chi connectivity index (χ0v) is 15.3. The molecule has 1 amide bonds. The van der Waals surface area contributed by atoms with Crippen molar-refractivity contribution in [2.45, 2.75) is 33.2 Å². The molecule has 0 bridgehead atoms. The van der Waals surface area contributed by atoms with Crippen molar-refractivity contribution in [1.82, 2.24) is 20.4 Å². The van der Waals surface area contributed by atoms with Gasteiger partial charge in [0.15, 0.2) is 5.82 Å². The molecule has 0 aliphatic rings. The lowest BCUT2D eigenvalue weighted by atomic mass is 10.0. The first kappa shape index (κ1) is 18.9. The van der Waals surface area contributed by atoms with Crippen LogP contribution in [0.15, 0.2) is 28.8 Å². The van der Waals surface area contributed by atoms with Gasteiger partial charge in [0.1, 0.15) is 5.75 Å². The highest BCUT2D eigenvalue weighted by molar-refractivity contribution is 5.77. The van der Waals surface area contributed by atoms with Gasteiger partial charge >= 0.3 is 0 Å². The zero-order chi connectivity index (χ0) is 18.2. The number of rotatable bonds is 9. The van der Waals surface area contributed by atoms with Gasteiger partial charge in [0.2, 0.25) is 11.8 Å². The van der Waals surface area contributed by atoms with E-state index in [2.05, 4.69) is 34.2 Å². The molecular weight excluding hydrogens is 320 g/mol. The molecule has 2 aromatic rings. The van der Waals surface area contributed by atoms with Gasteiger partial charge in [-0.15, -0.1) is 0 Å². The number of nitrogens with zero attached hydrogens (tertiary/aromatic N) is 3. The van der Waals surface area contributed by atoms with E-state index >= 15 is 0 Å². The monoisotopic (exact) mass is 346 g/mol. The lowest BCUT2D eigenvalue weighted by molar-refractivity contribution is -0.120. The molecule has 7 heteroatoms. The number of carbonyl (C=O) groups excluding carboxylic acids is 1. The van der Waals surface area contributed by atoms with E-state index < -0.39 is 0 Å². The summed E-state index contributed by atoms with van der Waals surface area (Å²) in [6.07, 6.45) is 0.116. The quantitative estimate of drug-likeness (QED) is 0.749. The molecular formula is C18H26N4O3. The van der Waals surface area contributed by atoms with Gasteiger partial charge < -0.3 is 14.6 Å². The second-order valence-corrected chi connectivity index (χ2v) is 5.72. The molecule has 1 unspecified atom stereocenters. The molecule has 0 radical (unpaired) electrons. The number of hydrogen-bond donors (Lipinski definition) is 1. The van der Waals surface area contributed by atoms with Crippen LogP contribution in [0.25, 0.3) is 0 Å². The third-order valence-electron chi connectivity index (χ3n) is 4.13. The Morgan fingerprint density at radius 1 is 1.28 bits per heavy atom. The Balaban J connectivity index is 2.03. The molecule has 0 spiro atoms. The van der Waals surface area contributed by atoms with E-state index in [-0.39, 0.29) is 18.4 Å². The van der Waals surface area contributed by atoms with Gasteiger partial charge in [0.25, 0.3) is 0 Å². The van der Waals surface area contributed by atoms with Crippen molar-refractivity contribution in [1.29, 1.82) is 0 Å². The summed E-state index contributed by atoms with van der Waals surface area (Å²) in [5.41, 5.74) is 1.14. The van der Waals surface area contributed by atoms with Crippen LogP contribution in [-0.4, -0.2) is 47.7 Å². The van der Waals surface area contributed by atoms with E-state index in [0.29, 0.717) is 18.3 Å². The maximum atomic E-state index is 12.2. The Kier molecular flexibility index (Phi) is 6.94. The molecule has 0 aliphatic carbocycles. The van der Waals surface area contributed by atoms with Gasteiger partial charge in [-0.25, -0.2) is 0 Å². The van der Waals surface area contributed by atoms with Crippen molar-refractivity contribution in [3.63, 3.8) is 0 Å². The van der Waals surface area contributed by atoms with Crippen molar-refractivity contribution in [2.75, 3.05) is 26.7 Å². The molecule has 1 N–H and O–H groups in total. The molecule has 1 heterocycles. The summed E-state index contributed by atoms with van der Waals surface area (Å²) >= 11 is 0. The number of aryl methyl sites for hydroxylation is 1. The molecule has 2 rings (SSSR count). The van der Waals surface area contributed by atoms with E-state index in [1.165, 1.54) is 0 Å². The third kappa shape index (κ3) is 5.29. The average molecular weight is 346 g/mol. The first-order valence-electron chi connectivity index (χ1n) is 8.51. The fraction of sp³-hybridized carbons (Fsp3) is 0.500. The van der Waals surface area contributed by atoms with Crippen molar-refractivity contribution >= 4 is 5.91 Å². The molecule has 136 valence electrons. The van der Waals surface area contributed by atoms with Crippen molar-refractivity contribution < 1.29 is 14.1 Å². The van der Waals surface area contributed by atoms with Gasteiger partial charge in [-0.3, -0.25) is 9.69 Å². The number of methoxy groups -OCH3 is 1. The Morgan fingerprint density at radius 3 is 2.48 bits per heavy atom. The van der Waals surface area contributed by atoms with Crippen LogP contribution >= 0.6 is 0 Å². The van der Waals surface area contributed by atoms with E-state index in [4.69, 9.17) is 9.26 Å². The molecule has 1 aromatic carbocycles. The van der Waals surface area contributed by atoms with Crippen molar-refractivity contribution in [3.8, 4) is 5.75 Å². The number of amides is 1. The highest BCUT2D eigenvalue weighted by Crippen LogP contribution is 2.22. The fourth-order valence-corrected chi connectivity index (χ4v) is 2.78. The normalized spacial score (nSPS) is 12.2. The summed E-state index contributed by atoms with van der Waals surface area (Å²) in [6.45, 7) is 8.24. The van der Waals surface area contributed by atoms with Crippen molar-refractivity contribution in [3.05, 3.63) is 41.5 Å². The molecule has 1 aromatic heterocycles. The Labute approximate surface area is 148 Å². The van der Waals surface area contributed by atoms with Crippen LogP contribution in [0.5, 0.6) is 5.75 Å². The zero-order valence-electron chi connectivity index (χ0n) is 15.3. The van der Waals surface area contributed by atoms with Crippen LogP contribution < -0.4 is 10.1 Å². The molecule has 0 saturated carbocycles. The van der Waals surface area contributed by atoms with E-state index in [1.54, 1.807) is 14.0 Å². The maximum Gasteiger partial charge on any atom is 0.227 e. The molecule has 0 aliphatic heterocycles. The number of benzene rings is 1. The summed E-state index contributed by atoms with van der Waals surface area (Å²) in [5, 5.41) is 6.74. The van der Waals surface area contributed by atoms with Gasteiger partial charge in [0.05, 0.1) is 19.6 Å². The van der Waals surface area contributed by atoms with E-state index in [9.17, 15) is 4.79 Å². The standard InChI is InChI=1S/C18H26N4O3/c1-5-22(6-2)16(14-7-9-15(24-4)10-8-14)12-19-18(23)11-17-20-13(3)25-21-17/h7-10,16H,5-6,11-12H2,1-4H3,(H,19,23). The lowest BCUT2D eigenvalue weighted by Gasteiger charge is -2.30. The third-order valence-corrected chi connectivity index (χ3v) is 4.13. The van der Waals surface area contributed by atoms with Gasteiger partial charge in [-0.05, 0) is 30.8 Å². The molecule has 25 heavy (non-hydrogen) atoms. The summed E-state index contributed by atoms with van der Waals surface area (Å²) in [5.74, 6) is 1.56. The second-order valence-electron chi connectivity index (χ2n) is 5.72. The van der Waals surface area contributed by atoms with Crippen LogP contribution in [0.4, 0.5) is 0 Å². The summed E-state index contributed by atoms with van der Waals surface area (Å²) in [4.78, 5) is 18.6. The number of nitrogens with one attached hydrogen (secondary N) is 1. The highest BCUT2D eigenvalue weighted by atomic mass is 16.5. The number of aromatic nitrogens is 2. The predicted octanol–water partition coefficient (Wildman–Crippen LogP) is 2.13. The van der Waals surface area contributed by atoms with E-state index in [1.807, 2.05) is 24.3 Å². The molecule has 0 saturated heterocycles. The number of likely N-dealkylation sites (N-methyl/N-ethyl adjacent to an activating group) is 1. The largest absolute Gasteiger partial charge is 0.497 e. The predicted molar refractivity (Wildman–Crippen MR) is 94.4 cm³/mol. The first-order chi connectivity index (χ1) is 12.1. The topological polar surface area (TPSA) is 80.5 Å². The minimum Gasteiger partial charge on any atom is -0.497 e. The first-order valence-corrected chi connectivity index (χ1v) is 8.51. The van der Waals surface area contributed by atoms with Crippen LogP contribution in [0, 0.1) is 6.92 Å². The highest BCUT2D eigenvalue weighted by Gasteiger charge is 2.19. The molecule has 0 fully saturated rings. The number of ether oxygens (including phenoxy) is 1. The lowest BCUT2D eigenvalue weighted by Crippen LogP contribution is -2.38. The maximum absolute atomic E-state index is 12.2. The van der Waals surface area contributed by atoms with Crippen LogP contribution in [-0.2, 0) is 11.2 Å². The Bertz CT molecular complexity index is 665. The minimum absolute atomic E-state index is 0.0943. The van der Waals surface area contributed by atoms with E-state index in [0.717, 1.165) is 24.4 Å². The average Bonchev–Trinajstić information content (AvgIpc) is 3.03. The second kappa shape index (κ2) is 9.17. The number of carbonyl (C=O) groups is 1. The SMILES string of the molecule is CCN(CC)C(CNC(=O)Cc1noc(C)n1)c1ccc(OC)cc1. The summed E-state index contributed by atoms with van der Waals surface area (Å²) < 4.78 is 10.1. The Hall–Kier alpha value is -2.41. The van der Waals surface area contributed by atoms with Crippen LogP contribution in [0.3, 0.4) is 0 Å².